The molecule has 10 aromatic carbocycles. The van der Waals surface area contributed by atoms with Gasteiger partial charge in [-0.1, -0.05) is 224 Å². The van der Waals surface area contributed by atoms with E-state index in [1.807, 2.05) is 42.9 Å². The average Bonchev–Trinajstić information content (AvgIpc) is 3.65. The fraction of sp³-hybridized carbons (Fsp3) is 0. The number of nitrogens with zero attached hydrogens (tertiary/aromatic N) is 3. The van der Waals surface area contributed by atoms with Crippen molar-refractivity contribution in [1.82, 2.24) is 15.0 Å². The summed E-state index contributed by atoms with van der Waals surface area (Å²) >= 11 is 0. The molecule has 0 atom stereocenters. The topological polar surface area (TPSA) is 38.7 Å². The number of hydrogen-bond donors (Lipinski definition) is 0. The summed E-state index contributed by atoms with van der Waals surface area (Å²) < 4.78 is 0. The molecule has 0 amide bonds. The number of benzene rings is 10. The van der Waals surface area contributed by atoms with E-state index in [1.54, 1.807) is 0 Å². The number of rotatable bonds is 12. The SMILES string of the molecule is c1ccc(-c2ccnc(-c3ccc(-c4ccccc4-c4cc(-c5ccccc5-c5ccc(-c6ccccn6)cc5-c5ccccc5)cc(-c5ccccc5-c5ccc(-c6ccccn6)cc5-c5ccccc5)c4)cc3)c2)cc1. The summed E-state index contributed by atoms with van der Waals surface area (Å²) in [5.74, 6) is 0. The van der Waals surface area contributed by atoms with Crippen molar-refractivity contribution in [3.05, 3.63) is 310 Å². The Kier molecular flexibility index (Phi) is 13.0. The first-order valence-electron chi connectivity index (χ1n) is 26.5. The Balaban J connectivity index is 0.994. The predicted octanol–water partition coefficient (Wildman–Crippen LogP) is 19.9. The number of aromatic nitrogens is 3. The highest BCUT2D eigenvalue weighted by atomic mass is 14.7. The number of hydrogen-bond acceptors (Lipinski definition) is 3. The Morgan fingerprint density at radius 1 is 0.141 bits per heavy atom. The highest BCUT2D eigenvalue weighted by Gasteiger charge is 2.20. The first-order chi connectivity index (χ1) is 38.7. The van der Waals surface area contributed by atoms with E-state index in [-0.39, 0.29) is 0 Å². The van der Waals surface area contributed by atoms with Crippen LogP contribution in [0.3, 0.4) is 0 Å². The Bertz CT molecular complexity index is 4030. The summed E-state index contributed by atoms with van der Waals surface area (Å²) in [6, 6.07) is 105. The van der Waals surface area contributed by atoms with Gasteiger partial charge in [-0.25, -0.2) is 0 Å². The Labute approximate surface area is 456 Å². The molecule has 0 N–H and O–H groups in total. The third-order valence-electron chi connectivity index (χ3n) is 14.7. The molecule has 0 radical (unpaired) electrons. The van der Waals surface area contributed by atoms with E-state index in [1.165, 1.54) is 5.56 Å². The second-order valence-corrected chi connectivity index (χ2v) is 19.5. The molecule has 3 heterocycles. The van der Waals surface area contributed by atoms with Gasteiger partial charge in [-0.15, -0.1) is 0 Å². The Morgan fingerprint density at radius 2 is 0.474 bits per heavy atom. The first kappa shape index (κ1) is 47.4. The Hall–Kier alpha value is -10.4. The van der Waals surface area contributed by atoms with Gasteiger partial charge in [0.25, 0.3) is 0 Å². The molecule has 3 heteroatoms. The number of pyridine rings is 3. The highest BCUT2D eigenvalue weighted by molar-refractivity contribution is 5.99. The Morgan fingerprint density at radius 3 is 0.923 bits per heavy atom. The van der Waals surface area contributed by atoms with Gasteiger partial charge in [0.05, 0.1) is 17.1 Å². The van der Waals surface area contributed by atoms with E-state index in [0.29, 0.717) is 0 Å². The zero-order valence-electron chi connectivity index (χ0n) is 42.8. The maximum absolute atomic E-state index is 4.81. The lowest BCUT2D eigenvalue weighted by molar-refractivity contribution is 1.33. The van der Waals surface area contributed by atoms with E-state index < -0.39 is 0 Å². The van der Waals surface area contributed by atoms with Gasteiger partial charge in [-0.2, -0.15) is 0 Å². The van der Waals surface area contributed by atoms with Crippen LogP contribution in [-0.4, -0.2) is 15.0 Å². The summed E-state index contributed by atoms with van der Waals surface area (Å²) in [6.45, 7) is 0. The van der Waals surface area contributed by atoms with Crippen molar-refractivity contribution in [2.24, 2.45) is 0 Å². The summed E-state index contributed by atoms with van der Waals surface area (Å²) in [6.07, 6.45) is 5.63. The molecular weight excluding hydrogens is 943 g/mol. The zero-order chi connectivity index (χ0) is 52.0. The normalized spacial score (nSPS) is 11.1. The van der Waals surface area contributed by atoms with Crippen molar-refractivity contribution in [2.75, 3.05) is 0 Å². The molecule has 366 valence electrons. The van der Waals surface area contributed by atoms with Crippen LogP contribution < -0.4 is 0 Å². The minimum atomic E-state index is 0.939. The standard InChI is InChI=1S/C75H51N3/c1-4-20-52(21-5-1)57-42-45-78-75(51-57)56-36-34-55(35-37-56)63-26-10-11-27-64(63)60-46-61(65-28-12-14-30-67(65)69-40-38-58(73-32-16-18-43-76-73)49-71(69)53-22-6-2-7-23-53)48-62(47-60)66-29-13-15-31-68(66)70-41-39-59(74-33-17-19-44-77-74)50-72(70)54-24-8-3-9-25-54/h1-51H. The summed E-state index contributed by atoms with van der Waals surface area (Å²) in [5.41, 5.74) is 26.5. The first-order valence-corrected chi connectivity index (χ1v) is 26.5. The predicted molar refractivity (Wildman–Crippen MR) is 325 cm³/mol. The van der Waals surface area contributed by atoms with Crippen LogP contribution in [0.15, 0.2) is 310 Å². The third kappa shape index (κ3) is 9.65. The summed E-state index contributed by atoms with van der Waals surface area (Å²) in [7, 11) is 0. The van der Waals surface area contributed by atoms with Crippen LogP contribution in [0.2, 0.25) is 0 Å². The smallest absolute Gasteiger partial charge is 0.0708 e. The minimum absolute atomic E-state index is 0.939. The molecule has 0 aliphatic rings. The van der Waals surface area contributed by atoms with Crippen molar-refractivity contribution in [2.45, 2.75) is 0 Å². The van der Waals surface area contributed by atoms with Gasteiger partial charge in [0.1, 0.15) is 0 Å². The van der Waals surface area contributed by atoms with E-state index >= 15 is 0 Å². The summed E-state index contributed by atoms with van der Waals surface area (Å²) in [4.78, 5) is 14.3. The summed E-state index contributed by atoms with van der Waals surface area (Å²) in [5, 5.41) is 0. The van der Waals surface area contributed by atoms with Gasteiger partial charge in [-0.3, -0.25) is 15.0 Å². The second kappa shape index (κ2) is 21.5. The molecule has 78 heavy (non-hydrogen) atoms. The van der Waals surface area contributed by atoms with E-state index in [9.17, 15) is 0 Å². The van der Waals surface area contributed by atoms with Gasteiger partial charge in [0, 0.05) is 35.3 Å². The van der Waals surface area contributed by atoms with Crippen LogP contribution >= 0.6 is 0 Å². The minimum Gasteiger partial charge on any atom is -0.256 e. The van der Waals surface area contributed by atoms with Gasteiger partial charge in [0.2, 0.25) is 0 Å². The molecule has 13 aromatic rings. The molecule has 0 aliphatic carbocycles. The molecule has 0 bridgehead atoms. The van der Waals surface area contributed by atoms with E-state index in [2.05, 4.69) is 267 Å². The molecule has 3 nitrogen and oxygen atoms in total. The lowest BCUT2D eigenvalue weighted by Gasteiger charge is -2.20. The van der Waals surface area contributed by atoms with Crippen LogP contribution in [0, 0.1) is 0 Å². The third-order valence-corrected chi connectivity index (χ3v) is 14.7. The van der Waals surface area contributed by atoms with Gasteiger partial charge < -0.3 is 0 Å². The van der Waals surface area contributed by atoms with Crippen LogP contribution in [0.25, 0.3) is 134 Å². The maximum atomic E-state index is 4.81. The molecule has 3 aromatic heterocycles. The fourth-order valence-electron chi connectivity index (χ4n) is 10.9. The monoisotopic (exact) mass is 993 g/mol. The van der Waals surface area contributed by atoms with Crippen LogP contribution in [0.4, 0.5) is 0 Å². The van der Waals surface area contributed by atoms with Crippen LogP contribution in [-0.2, 0) is 0 Å². The molecule has 0 saturated heterocycles. The largest absolute Gasteiger partial charge is 0.256 e. The van der Waals surface area contributed by atoms with Crippen LogP contribution in [0.1, 0.15) is 0 Å². The van der Waals surface area contributed by atoms with Crippen LogP contribution in [0.5, 0.6) is 0 Å². The highest BCUT2D eigenvalue weighted by Crippen LogP contribution is 2.46. The average molecular weight is 994 g/mol. The van der Waals surface area contributed by atoms with E-state index in [0.717, 1.165) is 128 Å². The van der Waals surface area contributed by atoms with Crippen molar-refractivity contribution < 1.29 is 0 Å². The van der Waals surface area contributed by atoms with Crippen molar-refractivity contribution in [1.29, 1.82) is 0 Å². The molecule has 0 saturated carbocycles. The van der Waals surface area contributed by atoms with Gasteiger partial charge in [0.15, 0.2) is 0 Å². The molecule has 13 rings (SSSR count). The quantitative estimate of drug-likeness (QED) is 0.122. The molecule has 0 aliphatic heterocycles. The van der Waals surface area contributed by atoms with Crippen molar-refractivity contribution in [3.8, 4) is 134 Å². The maximum Gasteiger partial charge on any atom is 0.0708 e. The fourth-order valence-corrected chi connectivity index (χ4v) is 10.9. The lowest BCUT2D eigenvalue weighted by atomic mass is 9.84. The molecular formula is C75H51N3. The van der Waals surface area contributed by atoms with Crippen molar-refractivity contribution in [3.63, 3.8) is 0 Å². The van der Waals surface area contributed by atoms with Gasteiger partial charge in [-0.05, 0) is 167 Å². The lowest BCUT2D eigenvalue weighted by Crippen LogP contribution is -1.94. The van der Waals surface area contributed by atoms with Gasteiger partial charge >= 0.3 is 0 Å². The van der Waals surface area contributed by atoms with E-state index in [4.69, 9.17) is 15.0 Å². The molecule has 0 fully saturated rings. The van der Waals surface area contributed by atoms with Crippen molar-refractivity contribution >= 4 is 0 Å². The zero-order valence-corrected chi connectivity index (χ0v) is 42.8. The molecule has 0 spiro atoms. The molecule has 0 unspecified atom stereocenters. The second-order valence-electron chi connectivity index (χ2n) is 19.5.